The Morgan fingerprint density at radius 2 is 1.54 bits per heavy atom. The minimum atomic E-state index is -0.0527. The maximum atomic E-state index is 12.8. The molecule has 2 saturated heterocycles. The van der Waals surface area contributed by atoms with Gasteiger partial charge < -0.3 is 19.7 Å². The summed E-state index contributed by atoms with van der Waals surface area (Å²) in [5.74, 6) is -0.0182. The van der Waals surface area contributed by atoms with Crippen LogP contribution in [0.25, 0.3) is 0 Å². The molecule has 1 amide bonds. The lowest BCUT2D eigenvalue weighted by Gasteiger charge is -2.38. The second kappa shape index (κ2) is 8.76. The standard InChI is InChI=1S/C23H28N2O3/c26-22(19-6-8-21(9-7-19)25-12-16-28-17-13-25)24-18-23(10-14-27-15-11-23)20-4-2-1-3-5-20/h1-9H,10-18H2,(H,24,26). The lowest BCUT2D eigenvalue weighted by Crippen LogP contribution is -2.44. The fraction of sp³-hybridized carbons (Fsp3) is 0.435. The Balaban J connectivity index is 1.42. The average Bonchev–Trinajstić information content (AvgIpc) is 2.79. The number of carbonyl (C=O) groups is 1. The van der Waals surface area contributed by atoms with E-state index in [-0.39, 0.29) is 11.3 Å². The smallest absolute Gasteiger partial charge is 0.251 e. The van der Waals surface area contributed by atoms with Gasteiger partial charge in [-0.25, -0.2) is 0 Å². The van der Waals surface area contributed by atoms with Crippen LogP contribution in [0.1, 0.15) is 28.8 Å². The summed E-state index contributed by atoms with van der Waals surface area (Å²) in [6.07, 6.45) is 1.85. The molecule has 0 radical (unpaired) electrons. The number of hydrogen-bond donors (Lipinski definition) is 1. The van der Waals surface area contributed by atoms with Crippen LogP contribution >= 0.6 is 0 Å². The minimum absolute atomic E-state index is 0.0182. The quantitative estimate of drug-likeness (QED) is 0.866. The van der Waals surface area contributed by atoms with Gasteiger partial charge in [0.15, 0.2) is 0 Å². The van der Waals surface area contributed by atoms with Crippen LogP contribution in [-0.4, -0.2) is 52.0 Å². The maximum Gasteiger partial charge on any atom is 0.251 e. The van der Waals surface area contributed by atoms with Gasteiger partial charge >= 0.3 is 0 Å². The zero-order valence-electron chi connectivity index (χ0n) is 16.2. The number of amides is 1. The van der Waals surface area contributed by atoms with Gasteiger partial charge in [0.05, 0.1) is 13.2 Å². The number of benzene rings is 2. The van der Waals surface area contributed by atoms with Gasteiger partial charge in [-0.3, -0.25) is 4.79 Å². The van der Waals surface area contributed by atoms with Gasteiger partial charge in [-0.05, 0) is 42.7 Å². The predicted octanol–water partition coefficient (Wildman–Crippen LogP) is 3.00. The highest BCUT2D eigenvalue weighted by Crippen LogP contribution is 2.34. The zero-order valence-corrected chi connectivity index (χ0v) is 16.2. The van der Waals surface area contributed by atoms with Crippen LogP contribution in [0.4, 0.5) is 5.69 Å². The Bertz CT molecular complexity index is 764. The molecule has 0 atom stereocenters. The van der Waals surface area contributed by atoms with Crippen LogP contribution in [0.15, 0.2) is 54.6 Å². The molecule has 0 aromatic heterocycles. The maximum absolute atomic E-state index is 12.8. The summed E-state index contributed by atoms with van der Waals surface area (Å²) in [6.45, 7) is 5.41. The average molecular weight is 380 g/mol. The van der Waals surface area contributed by atoms with E-state index in [1.807, 2.05) is 30.3 Å². The molecular formula is C23H28N2O3. The number of carbonyl (C=O) groups excluding carboxylic acids is 1. The van der Waals surface area contributed by atoms with Crippen molar-refractivity contribution in [2.45, 2.75) is 18.3 Å². The number of hydrogen-bond acceptors (Lipinski definition) is 4. The summed E-state index contributed by atoms with van der Waals surface area (Å²) in [7, 11) is 0. The third kappa shape index (κ3) is 4.21. The van der Waals surface area contributed by atoms with Crippen molar-refractivity contribution in [2.24, 2.45) is 0 Å². The second-order valence-corrected chi connectivity index (χ2v) is 7.59. The van der Waals surface area contributed by atoms with Crippen molar-refractivity contribution in [2.75, 3.05) is 51.0 Å². The molecular weight excluding hydrogens is 352 g/mol. The summed E-state index contributed by atoms with van der Waals surface area (Å²) in [5.41, 5.74) is 3.07. The van der Waals surface area contributed by atoms with Gasteiger partial charge in [0.25, 0.3) is 5.91 Å². The molecule has 28 heavy (non-hydrogen) atoms. The highest BCUT2D eigenvalue weighted by Gasteiger charge is 2.34. The van der Waals surface area contributed by atoms with Crippen molar-refractivity contribution < 1.29 is 14.3 Å². The summed E-state index contributed by atoms with van der Waals surface area (Å²) >= 11 is 0. The molecule has 0 spiro atoms. The largest absolute Gasteiger partial charge is 0.381 e. The van der Waals surface area contributed by atoms with E-state index in [0.717, 1.165) is 58.0 Å². The third-order valence-corrected chi connectivity index (χ3v) is 5.93. The number of nitrogens with zero attached hydrogens (tertiary/aromatic N) is 1. The molecule has 5 heteroatoms. The highest BCUT2D eigenvalue weighted by atomic mass is 16.5. The monoisotopic (exact) mass is 380 g/mol. The van der Waals surface area contributed by atoms with Crippen LogP contribution < -0.4 is 10.2 Å². The molecule has 0 bridgehead atoms. The van der Waals surface area contributed by atoms with Gasteiger partial charge in [-0.2, -0.15) is 0 Å². The number of morpholine rings is 1. The molecule has 2 aromatic carbocycles. The molecule has 4 rings (SSSR count). The lowest BCUT2D eigenvalue weighted by atomic mass is 9.74. The number of rotatable bonds is 5. The molecule has 148 valence electrons. The van der Waals surface area contributed by atoms with E-state index < -0.39 is 0 Å². The molecule has 2 aliphatic heterocycles. The first-order valence-corrected chi connectivity index (χ1v) is 10.1. The summed E-state index contributed by atoms with van der Waals surface area (Å²) < 4.78 is 11.0. The topological polar surface area (TPSA) is 50.8 Å². The van der Waals surface area contributed by atoms with E-state index in [0.29, 0.717) is 12.1 Å². The second-order valence-electron chi connectivity index (χ2n) is 7.59. The van der Waals surface area contributed by atoms with Crippen molar-refractivity contribution in [1.29, 1.82) is 0 Å². The molecule has 2 aromatic rings. The molecule has 5 nitrogen and oxygen atoms in total. The molecule has 1 N–H and O–H groups in total. The lowest BCUT2D eigenvalue weighted by molar-refractivity contribution is 0.0487. The summed E-state index contributed by atoms with van der Waals surface area (Å²) in [5, 5.41) is 3.18. The fourth-order valence-corrected chi connectivity index (χ4v) is 4.12. The van der Waals surface area contributed by atoms with Crippen LogP contribution in [0.5, 0.6) is 0 Å². The molecule has 0 saturated carbocycles. The Morgan fingerprint density at radius 3 is 2.21 bits per heavy atom. The Labute approximate surface area is 166 Å². The fourth-order valence-electron chi connectivity index (χ4n) is 4.12. The number of anilines is 1. The number of ether oxygens (including phenoxy) is 2. The van der Waals surface area contributed by atoms with E-state index >= 15 is 0 Å². The van der Waals surface area contributed by atoms with Gasteiger partial charge in [0.1, 0.15) is 0 Å². The van der Waals surface area contributed by atoms with Gasteiger partial charge in [-0.15, -0.1) is 0 Å². The third-order valence-electron chi connectivity index (χ3n) is 5.93. The first-order chi connectivity index (χ1) is 13.8. The van der Waals surface area contributed by atoms with E-state index in [1.54, 1.807) is 0 Å². The van der Waals surface area contributed by atoms with Crippen molar-refractivity contribution in [3.63, 3.8) is 0 Å². The summed E-state index contributed by atoms with van der Waals surface area (Å²) in [6, 6.07) is 18.4. The highest BCUT2D eigenvalue weighted by molar-refractivity contribution is 5.94. The van der Waals surface area contributed by atoms with E-state index in [9.17, 15) is 4.79 Å². The Kier molecular flexibility index (Phi) is 5.93. The summed E-state index contributed by atoms with van der Waals surface area (Å²) in [4.78, 5) is 15.1. The molecule has 2 fully saturated rings. The van der Waals surface area contributed by atoms with Gasteiger partial charge in [0, 0.05) is 49.5 Å². The molecule has 2 heterocycles. The SMILES string of the molecule is O=C(NCC1(c2ccccc2)CCOCC1)c1ccc(N2CCOCC2)cc1. The van der Waals surface area contributed by atoms with Crippen molar-refractivity contribution >= 4 is 11.6 Å². The first kappa shape index (κ1) is 19.0. The Morgan fingerprint density at radius 1 is 0.893 bits per heavy atom. The normalized spacial score (nSPS) is 19.2. The first-order valence-electron chi connectivity index (χ1n) is 10.1. The predicted molar refractivity (Wildman–Crippen MR) is 110 cm³/mol. The Hall–Kier alpha value is -2.37. The minimum Gasteiger partial charge on any atom is -0.381 e. The van der Waals surface area contributed by atoms with Crippen molar-refractivity contribution in [1.82, 2.24) is 5.32 Å². The van der Waals surface area contributed by atoms with E-state index in [2.05, 4.69) is 34.5 Å². The van der Waals surface area contributed by atoms with Crippen molar-refractivity contribution in [3.05, 3.63) is 65.7 Å². The van der Waals surface area contributed by atoms with Gasteiger partial charge in [-0.1, -0.05) is 30.3 Å². The molecule has 0 unspecified atom stereocenters. The van der Waals surface area contributed by atoms with Crippen LogP contribution in [-0.2, 0) is 14.9 Å². The molecule has 0 aliphatic carbocycles. The van der Waals surface area contributed by atoms with Gasteiger partial charge in [0.2, 0.25) is 0 Å². The zero-order chi connectivity index (χ0) is 19.2. The van der Waals surface area contributed by atoms with Crippen LogP contribution in [0.2, 0.25) is 0 Å². The van der Waals surface area contributed by atoms with E-state index in [4.69, 9.17) is 9.47 Å². The molecule has 2 aliphatic rings. The number of nitrogens with one attached hydrogen (secondary N) is 1. The van der Waals surface area contributed by atoms with E-state index in [1.165, 1.54) is 5.56 Å². The van der Waals surface area contributed by atoms with Crippen LogP contribution in [0.3, 0.4) is 0 Å². The van der Waals surface area contributed by atoms with Crippen LogP contribution in [0, 0.1) is 0 Å². The van der Waals surface area contributed by atoms with Crippen molar-refractivity contribution in [3.8, 4) is 0 Å².